The lowest BCUT2D eigenvalue weighted by Crippen LogP contribution is -2.56. The molecule has 1 aromatic carbocycles. The van der Waals surface area contributed by atoms with Crippen LogP contribution in [0.3, 0.4) is 0 Å². The van der Waals surface area contributed by atoms with Gasteiger partial charge in [-0.1, -0.05) is 26.0 Å². The first kappa shape index (κ1) is 24.2. The van der Waals surface area contributed by atoms with Crippen molar-refractivity contribution in [3.05, 3.63) is 29.8 Å². The van der Waals surface area contributed by atoms with E-state index in [0.29, 0.717) is 49.2 Å². The second-order valence-corrected chi connectivity index (χ2v) is 12.1. The van der Waals surface area contributed by atoms with Gasteiger partial charge in [0.15, 0.2) is 0 Å². The summed E-state index contributed by atoms with van der Waals surface area (Å²) in [7, 11) is -3.38. The third kappa shape index (κ3) is 6.30. The monoisotopic (exact) mass is 449 g/mol. The highest BCUT2D eigenvalue weighted by Crippen LogP contribution is 2.27. The van der Waals surface area contributed by atoms with Gasteiger partial charge in [-0.3, -0.25) is 9.69 Å². The second kappa shape index (κ2) is 10.0. The van der Waals surface area contributed by atoms with E-state index >= 15 is 0 Å². The molecule has 3 rings (SSSR count). The number of likely N-dealkylation sites (tertiary alicyclic amines) is 1. The maximum Gasteiger partial charge on any atom is 0.243 e. The minimum Gasteiger partial charge on any atom is -0.354 e. The molecule has 2 aliphatic rings. The van der Waals surface area contributed by atoms with Gasteiger partial charge in [0.1, 0.15) is 0 Å². The molecule has 2 unspecified atom stereocenters. The van der Waals surface area contributed by atoms with E-state index < -0.39 is 10.0 Å². The molecule has 0 radical (unpaired) electrons. The maximum atomic E-state index is 12.6. The molecule has 1 aromatic rings. The van der Waals surface area contributed by atoms with Crippen LogP contribution in [0, 0.1) is 11.8 Å². The molecule has 2 aliphatic heterocycles. The van der Waals surface area contributed by atoms with Crippen LogP contribution >= 0.6 is 0 Å². The Labute approximate surface area is 188 Å². The van der Waals surface area contributed by atoms with Crippen LogP contribution in [0.2, 0.25) is 0 Å². The van der Waals surface area contributed by atoms with Crippen LogP contribution in [0.1, 0.15) is 58.9 Å². The van der Waals surface area contributed by atoms with Crippen molar-refractivity contribution in [2.75, 3.05) is 32.7 Å². The number of hydrogen-bond acceptors (Lipinski definition) is 4. The topological polar surface area (TPSA) is 69.7 Å². The van der Waals surface area contributed by atoms with Gasteiger partial charge in [0.2, 0.25) is 15.9 Å². The summed E-state index contributed by atoms with van der Waals surface area (Å²) in [6, 6.07) is 7.00. The maximum absolute atomic E-state index is 12.6. The zero-order valence-electron chi connectivity index (χ0n) is 19.6. The summed E-state index contributed by atoms with van der Waals surface area (Å²) in [5.74, 6) is 1.42. The average Bonchev–Trinajstić information content (AvgIpc) is 3.26. The Hall–Kier alpha value is -1.44. The third-order valence-electron chi connectivity index (χ3n) is 6.71. The van der Waals surface area contributed by atoms with Crippen LogP contribution in [-0.4, -0.2) is 61.8 Å². The number of aryl methyl sites for hydroxylation is 1. The summed E-state index contributed by atoms with van der Waals surface area (Å²) in [5, 5.41) is 3.11. The summed E-state index contributed by atoms with van der Waals surface area (Å²) in [5.41, 5.74) is 0.915. The van der Waals surface area contributed by atoms with Gasteiger partial charge in [-0.15, -0.1) is 0 Å². The molecule has 0 aromatic heterocycles. The molecule has 31 heavy (non-hydrogen) atoms. The summed E-state index contributed by atoms with van der Waals surface area (Å²) < 4.78 is 26.8. The molecule has 2 fully saturated rings. The van der Waals surface area contributed by atoms with Crippen molar-refractivity contribution in [3.8, 4) is 0 Å². The first-order valence-corrected chi connectivity index (χ1v) is 13.1. The minimum atomic E-state index is -3.38. The van der Waals surface area contributed by atoms with Gasteiger partial charge in [-0.05, 0) is 69.1 Å². The van der Waals surface area contributed by atoms with E-state index in [2.05, 4.69) is 37.9 Å². The number of nitrogens with one attached hydrogen (secondary N) is 1. The molecule has 7 heteroatoms. The standard InChI is InChI=1S/C24H39N3O3S/c1-19-15-20(2)17-26(16-19)24(3,4)18-25-23(28)12-9-21-7-10-22(11-8-21)31(29,30)27-13-5-6-14-27/h7-8,10-11,19-20H,5-6,9,12-18H2,1-4H3,(H,25,28). The molecule has 0 aliphatic carbocycles. The van der Waals surface area contributed by atoms with Gasteiger partial charge in [-0.2, -0.15) is 4.31 Å². The van der Waals surface area contributed by atoms with E-state index in [1.165, 1.54) is 6.42 Å². The first-order chi connectivity index (χ1) is 14.6. The summed E-state index contributed by atoms with van der Waals surface area (Å²) in [6.07, 6.45) is 4.14. The number of rotatable bonds is 8. The van der Waals surface area contributed by atoms with E-state index in [-0.39, 0.29) is 11.4 Å². The fourth-order valence-corrected chi connectivity index (χ4v) is 6.35. The van der Waals surface area contributed by atoms with Crippen LogP contribution in [-0.2, 0) is 21.2 Å². The molecule has 2 heterocycles. The normalized spacial score (nSPS) is 23.7. The van der Waals surface area contributed by atoms with E-state index in [9.17, 15) is 13.2 Å². The Morgan fingerprint density at radius 3 is 2.23 bits per heavy atom. The van der Waals surface area contributed by atoms with Crippen LogP contribution in [0.15, 0.2) is 29.2 Å². The molecule has 2 saturated heterocycles. The predicted molar refractivity (Wildman–Crippen MR) is 124 cm³/mol. The second-order valence-electron chi connectivity index (χ2n) is 10.2. The Bertz CT molecular complexity index is 835. The van der Waals surface area contributed by atoms with E-state index in [1.807, 2.05) is 12.1 Å². The Kier molecular flexibility index (Phi) is 7.81. The van der Waals surface area contributed by atoms with Gasteiger partial charge in [0, 0.05) is 44.7 Å². The van der Waals surface area contributed by atoms with Crippen molar-refractivity contribution in [2.45, 2.75) is 70.2 Å². The third-order valence-corrected chi connectivity index (χ3v) is 8.62. The van der Waals surface area contributed by atoms with Crippen molar-refractivity contribution in [3.63, 3.8) is 0 Å². The van der Waals surface area contributed by atoms with Gasteiger partial charge in [-0.25, -0.2) is 8.42 Å². The van der Waals surface area contributed by atoms with Crippen LogP contribution in [0.25, 0.3) is 0 Å². The van der Waals surface area contributed by atoms with Gasteiger partial charge < -0.3 is 5.32 Å². The van der Waals surface area contributed by atoms with Crippen LogP contribution < -0.4 is 5.32 Å². The Balaban J connectivity index is 1.47. The zero-order valence-corrected chi connectivity index (χ0v) is 20.4. The molecule has 0 bridgehead atoms. The number of amides is 1. The minimum absolute atomic E-state index is 0.0416. The molecule has 1 N–H and O–H groups in total. The molecule has 6 nitrogen and oxygen atoms in total. The van der Waals surface area contributed by atoms with E-state index in [1.54, 1.807) is 16.4 Å². The van der Waals surface area contributed by atoms with Crippen LogP contribution in [0.4, 0.5) is 0 Å². The van der Waals surface area contributed by atoms with Crippen LogP contribution in [0.5, 0.6) is 0 Å². The number of piperidine rings is 1. The van der Waals surface area contributed by atoms with Crippen molar-refractivity contribution < 1.29 is 13.2 Å². The molecular formula is C24H39N3O3S. The lowest BCUT2D eigenvalue weighted by Gasteiger charge is -2.45. The van der Waals surface area contributed by atoms with E-state index in [4.69, 9.17) is 0 Å². The van der Waals surface area contributed by atoms with Crippen molar-refractivity contribution in [1.82, 2.24) is 14.5 Å². The smallest absolute Gasteiger partial charge is 0.243 e. The lowest BCUT2D eigenvalue weighted by molar-refractivity contribution is -0.121. The molecule has 1 amide bonds. The fraction of sp³-hybridized carbons (Fsp3) is 0.708. The van der Waals surface area contributed by atoms with Crippen molar-refractivity contribution in [1.29, 1.82) is 0 Å². The van der Waals surface area contributed by atoms with Gasteiger partial charge in [0.05, 0.1) is 4.90 Å². The summed E-state index contributed by atoms with van der Waals surface area (Å²) in [4.78, 5) is 15.3. The number of nitrogens with zero attached hydrogens (tertiary/aromatic N) is 2. The summed E-state index contributed by atoms with van der Waals surface area (Å²) >= 11 is 0. The first-order valence-electron chi connectivity index (χ1n) is 11.7. The number of benzene rings is 1. The average molecular weight is 450 g/mol. The van der Waals surface area contributed by atoms with Gasteiger partial charge >= 0.3 is 0 Å². The van der Waals surface area contributed by atoms with E-state index in [0.717, 1.165) is 31.5 Å². The highest BCUT2D eigenvalue weighted by molar-refractivity contribution is 7.89. The van der Waals surface area contributed by atoms with Crippen molar-refractivity contribution >= 4 is 15.9 Å². The Morgan fingerprint density at radius 1 is 1.06 bits per heavy atom. The molecule has 0 saturated carbocycles. The highest BCUT2D eigenvalue weighted by Gasteiger charge is 2.33. The zero-order chi connectivity index (χ0) is 22.6. The highest BCUT2D eigenvalue weighted by atomic mass is 32.2. The fourth-order valence-electron chi connectivity index (χ4n) is 4.84. The largest absolute Gasteiger partial charge is 0.354 e. The quantitative estimate of drug-likeness (QED) is 0.661. The molecule has 174 valence electrons. The number of carbonyl (C=O) groups is 1. The molecular weight excluding hydrogens is 410 g/mol. The van der Waals surface area contributed by atoms with Gasteiger partial charge in [0.25, 0.3) is 0 Å². The Morgan fingerprint density at radius 2 is 1.65 bits per heavy atom. The molecule has 0 spiro atoms. The predicted octanol–water partition coefficient (Wildman–Crippen LogP) is 3.28. The number of sulfonamides is 1. The number of hydrogen-bond donors (Lipinski definition) is 1. The SMILES string of the molecule is CC1CC(C)CN(C(C)(C)CNC(=O)CCc2ccc(S(=O)(=O)N3CCCC3)cc2)C1. The summed E-state index contributed by atoms with van der Waals surface area (Å²) in [6.45, 7) is 13.0. The van der Waals surface area contributed by atoms with Crippen molar-refractivity contribution in [2.24, 2.45) is 11.8 Å². The molecule has 2 atom stereocenters. The lowest BCUT2D eigenvalue weighted by atomic mass is 9.88. The number of carbonyl (C=O) groups excluding carboxylic acids is 1.